The van der Waals surface area contributed by atoms with Gasteiger partial charge in [0.2, 0.25) is 10.6 Å². The maximum Gasteiger partial charge on any atom is 0.216 e. The average molecular weight is 426 g/mol. The highest BCUT2D eigenvalue weighted by atomic mass is 79.9. The lowest BCUT2D eigenvalue weighted by Crippen LogP contribution is -1.95. The smallest absolute Gasteiger partial charge is 0.216 e. The van der Waals surface area contributed by atoms with Crippen LogP contribution in [0.15, 0.2) is 74.8 Å². The zero-order chi connectivity index (χ0) is 17.9. The van der Waals surface area contributed by atoms with Crippen molar-refractivity contribution in [1.82, 2.24) is 19.9 Å². The maximum absolute atomic E-state index is 5.86. The molecule has 0 saturated carbocycles. The number of pyridine rings is 1. The molecule has 3 heterocycles. The van der Waals surface area contributed by atoms with E-state index in [1.165, 1.54) is 4.68 Å². The van der Waals surface area contributed by atoms with Crippen LogP contribution in [0.4, 0.5) is 0 Å². The van der Waals surface area contributed by atoms with Crippen LogP contribution in [-0.4, -0.2) is 26.1 Å². The summed E-state index contributed by atoms with van der Waals surface area (Å²) in [6, 6.07) is 17.2. The summed E-state index contributed by atoms with van der Waals surface area (Å²) in [4.78, 5) is 4.28. The van der Waals surface area contributed by atoms with Crippen LogP contribution in [0.1, 0.15) is 5.76 Å². The van der Waals surface area contributed by atoms with Crippen molar-refractivity contribution >= 4 is 34.4 Å². The predicted octanol–water partition coefficient (Wildman–Crippen LogP) is 4.91. The van der Waals surface area contributed by atoms with Crippen LogP contribution in [0, 0.1) is 4.77 Å². The minimum absolute atomic E-state index is 0.375. The monoisotopic (exact) mass is 425 g/mol. The average Bonchev–Trinajstić information content (AvgIpc) is 3.28. The Morgan fingerprint density at radius 3 is 2.77 bits per heavy atom. The Kier molecular flexibility index (Phi) is 4.59. The second kappa shape index (κ2) is 7.19. The first kappa shape index (κ1) is 16.6. The molecule has 0 aliphatic carbocycles. The van der Waals surface area contributed by atoms with E-state index in [0.717, 1.165) is 15.8 Å². The number of H-pyrrole nitrogens is 1. The number of benzene rings is 1. The molecule has 1 N–H and O–H groups in total. The van der Waals surface area contributed by atoms with E-state index >= 15 is 0 Å². The summed E-state index contributed by atoms with van der Waals surface area (Å²) in [6.07, 6.45) is 3.29. The standard InChI is InChI=1S/C18H12BrN5OS/c19-14-6-2-1-5-13(14)16-9-8-12(25-16)11-21-24-17(22-23-18(24)26)15-7-3-4-10-20-15/h1-11H,(H,23,26). The molecule has 4 aromatic rings. The second-order valence-electron chi connectivity index (χ2n) is 5.31. The molecule has 0 bridgehead atoms. The number of rotatable bonds is 4. The molecule has 0 amide bonds. The molecule has 0 spiro atoms. The normalized spacial score (nSPS) is 11.3. The first-order chi connectivity index (χ1) is 12.7. The molecule has 4 rings (SSSR count). The van der Waals surface area contributed by atoms with Gasteiger partial charge in [0, 0.05) is 16.2 Å². The van der Waals surface area contributed by atoms with Crippen molar-refractivity contribution < 1.29 is 4.42 Å². The van der Waals surface area contributed by atoms with Crippen molar-refractivity contribution in [2.45, 2.75) is 0 Å². The highest BCUT2D eigenvalue weighted by Gasteiger charge is 2.10. The first-order valence-corrected chi connectivity index (χ1v) is 8.90. The van der Waals surface area contributed by atoms with Gasteiger partial charge in [-0.15, -0.1) is 0 Å². The minimum atomic E-state index is 0.375. The molecule has 26 heavy (non-hydrogen) atoms. The zero-order valence-corrected chi connectivity index (χ0v) is 15.7. The van der Waals surface area contributed by atoms with Gasteiger partial charge in [-0.1, -0.05) is 40.2 Å². The lowest BCUT2D eigenvalue weighted by atomic mass is 10.2. The molecular weight excluding hydrogens is 414 g/mol. The van der Waals surface area contributed by atoms with Crippen LogP contribution >= 0.6 is 28.1 Å². The van der Waals surface area contributed by atoms with Crippen molar-refractivity contribution in [3.05, 3.63) is 75.8 Å². The molecule has 0 radical (unpaired) electrons. The number of hydrogen-bond donors (Lipinski definition) is 1. The van der Waals surface area contributed by atoms with Gasteiger partial charge in [0.1, 0.15) is 17.2 Å². The van der Waals surface area contributed by atoms with E-state index in [4.69, 9.17) is 16.6 Å². The number of nitrogens with zero attached hydrogens (tertiary/aromatic N) is 4. The third kappa shape index (κ3) is 3.29. The van der Waals surface area contributed by atoms with Crippen molar-refractivity contribution in [2.75, 3.05) is 0 Å². The van der Waals surface area contributed by atoms with Crippen LogP contribution in [0.2, 0.25) is 0 Å². The molecule has 0 fully saturated rings. The molecule has 8 heteroatoms. The van der Waals surface area contributed by atoms with Crippen LogP contribution < -0.4 is 0 Å². The SMILES string of the molecule is S=c1[nH]nc(-c2ccccn2)n1N=Cc1ccc(-c2ccccc2Br)o1. The predicted molar refractivity (Wildman–Crippen MR) is 105 cm³/mol. The summed E-state index contributed by atoms with van der Waals surface area (Å²) in [5.41, 5.74) is 1.64. The van der Waals surface area contributed by atoms with E-state index in [-0.39, 0.29) is 0 Å². The van der Waals surface area contributed by atoms with Crippen molar-refractivity contribution in [2.24, 2.45) is 5.10 Å². The van der Waals surface area contributed by atoms with Gasteiger partial charge in [0.15, 0.2) is 0 Å². The van der Waals surface area contributed by atoms with E-state index in [2.05, 4.69) is 36.2 Å². The summed E-state index contributed by atoms with van der Waals surface area (Å²) in [7, 11) is 0. The van der Waals surface area contributed by atoms with Gasteiger partial charge >= 0.3 is 0 Å². The number of hydrogen-bond acceptors (Lipinski definition) is 5. The van der Waals surface area contributed by atoms with Crippen LogP contribution in [0.3, 0.4) is 0 Å². The van der Waals surface area contributed by atoms with Gasteiger partial charge in [-0.05, 0) is 42.5 Å². The van der Waals surface area contributed by atoms with Crippen molar-refractivity contribution in [1.29, 1.82) is 0 Å². The number of aromatic amines is 1. The highest BCUT2D eigenvalue weighted by Crippen LogP contribution is 2.29. The number of furan rings is 1. The number of aromatic nitrogens is 4. The Balaban J connectivity index is 1.65. The summed E-state index contributed by atoms with van der Waals surface area (Å²) in [5.74, 6) is 1.88. The summed E-state index contributed by atoms with van der Waals surface area (Å²) in [5, 5.41) is 11.3. The van der Waals surface area contributed by atoms with Gasteiger partial charge in [0.05, 0.1) is 6.21 Å². The third-order valence-electron chi connectivity index (χ3n) is 3.61. The summed E-state index contributed by atoms with van der Waals surface area (Å²) >= 11 is 8.78. The molecule has 0 aliphatic rings. The van der Waals surface area contributed by atoms with E-state index in [1.54, 1.807) is 12.4 Å². The molecular formula is C18H12BrN5OS. The topological polar surface area (TPSA) is 72.0 Å². The van der Waals surface area contributed by atoms with E-state index < -0.39 is 0 Å². The molecule has 1 aromatic carbocycles. The van der Waals surface area contributed by atoms with Crippen molar-refractivity contribution in [3.8, 4) is 22.8 Å². The molecule has 0 saturated heterocycles. The first-order valence-electron chi connectivity index (χ1n) is 7.70. The Hall–Kier alpha value is -2.84. The Morgan fingerprint density at radius 2 is 1.96 bits per heavy atom. The van der Waals surface area contributed by atoms with Crippen molar-refractivity contribution in [3.63, 3.8) is 0 Å². The molecule has 3 aromatic heterocycles. The second-order valence-corrected chi connectivity index (χ2v) is 6.55. The minimum Gasteiger partial charge on any atom is -0.455 e. The zero-order valence-electron chi connectivity index (χ0n) is 13.3. The fourth-order valence-electron chi connectivity index (χ4n) is 2.40. The molecule has 0 atom stereocenters. The van der Waals surface area contributed by atoms with Crippen LogP contribution in [-0.2, 0) is 0 Å². The molecule has 6 nitrogen and oxygen atoms in total. The molecule has 0 aliphatic heterocycles. The van der Waals surface area contributed by atoms with Gasteiger partial charge in [0.25, 0.3) is 0 Å². The Bertz CT molecular complexity index is 1130. The van der Waals surface area contributed by atoms with Gasteiger partial charge < -0.3 is 4.42 Å². The largest absolute Gasteiger partial charge is 0.455 e. The van der Waals surface area contributed by atoms with Crippen LogP contribution in [0.25, 0.3) is 22.8 Å². The third-order valence-corrected chi connectivity index (χ3v) is 4.57. The number of halogens is 1. The van der Waals surface area contributed by atoms with E-state index in [1.807, 2.05) is 54.6 Å². The summed E-state index contributed by atoms with van der Waals surface area (Å²) in [6.45, 7) is 0. The lowest BCUT2D eigenvalue weighted by Gasteiger charge is -2.00. The maximum atomic E-state index is 5.86. The lowest BCUT2D eigenvalue weighted by molar-refractivity contribution is 0.574. The van der Waals surface area contributed by atoms with Gasteiger partial charge in [-0.25, -0.2) is 5.10 Å². The van der Waals surface area contributed by atoms with E-state index in [0.29, 0.717) is 22.0 Å². The van der Waals surface area contributed by atoms with Gasteiger partial charge in [-0.2, -0.15) is 14.9 Å². The van der Waals surface area contributed by atoms with E-state index in [9.17, 15) is 0 Å². The molecule has 128 valence electrons. The quantitative estimate of drug-likeness (QED) is 0.372. The fraction of sp³-hybridized carbons (Fsp3) is 0. The highest BCUT2D eigenvalue weighted by molar-refractivity contribution is 9.10. The fourth-order valence-corrected chi connectivity index (χ4v) is 3.06. The van der Waals surface area contributed by atoms with Gasteiger partial charge in [-0.3, -0.25) is 4.98 Å². The molecule has 0 unspecified atom stereocenters. The summed E-state index contributed by atoms with van der Waals surface area (Å²) < 4.78 is 8.71. The Labute approximate surface area is 162 Å². The number of nitrogens with one attached hydrogen (secondary N) is 1. The van der Waals surface area contributed by atoms with Crippen LogP contribution in [0.5, 0.6) is 0 Å². The Morgan fingerprint density at radius 1 is 1.12 bits per heavy atom.